The van der Waals surface area contributed by atoms with Gasteiger partial charge in [-0.1, -0.05) is 72.8 Å². The Balaban J connectivity index is 1.78. The second-order valence-corrected chi connectivity index (χ2v) is 11.4. The molecule has 3 rings (SSSR count). The van der Waals surface area contributed by atoms with E-state index in [0.29, 0.717) is 5.56 Å². The van der Waals surface area contributed by atoms with E-state index in [1.54, 1.807) is 36.4 Å². The molecule has 1 amide bonds. The molecule has 0 saturated carbocycles. The van der Waals surface area contributed by atoms with Crippen LogP contribution in [-0.2, 0) is 33.4 Å². The Morgan fingerprint density at radius 1 is 0.806 bits per heavy atom. The molecule has 0 aromatic heterocycles. The highest BCUT2D eigenvalue weighted by Crippen LogP contribution is 2.47. The van der Waals surface area contributed by atoms with Crippen LogP contribution in [0.5, 0.6) is 5.75 Å². The Morgan fingerprint density at radius 3 is 1.83 bits per heavy atom. The zero-order valence-corrected chi connectivity index (χ0v) is 20.6. The van der Waals surface area contributed by atoms with E-state index in [0.717, 1.165) is 11.1 Å². The van der Waals surface area contributed by atoms with E-state index < -0.39 is 37.0 Å². The highest BCUT2D eigenvalue weighted by Gasteiger charge is 2.35. The molecular weight excluding hydrogens is 479 g/mol. The molecule has 0 heterocycles. The number of hydrogen-bond donors (Lipinski definition) is 5. The van der Waals surface area contributed by atoms with Gasteiger partial charge < -0.3 is 26.2 Å². The van der Waals surface area contributed by atoms with Crippen LogP contribution in [0, 0.1) is 5.92 Å². The third-order valence-corrected chi connectivity index (χ3v) is 8.16. The number of aliphatic carboxylic acids is 1. The number of hydrogen-bond acceptors (Lipinski definition) is 5. The lowest BCUT2D eigenvalue weighted by Gasteiger charge is -2.25. The van der Waals surface area contributed by atoms with Gasteiger partial charge in [0.2, 0.25) is 13.3 Å². The summed E-state index contributed by atoms with van der Waals surface area (Å²) in [5, 5.41) is 21.7. The normalized spacial score (nSPS) is 15.3. The fourth-order valence-electron chi connectivity index (χ4n) is 3.95. The minimum atomic E-state index is -3.99. The molecular formula is C27H31N2O6P. The van der Waals surface area contributed by atoms with E-state index in [2.05, 4.69) is 5.32 Å². The third kappa shape index (κ3) is 8.05. The van der Waals surface area contributed by atoms with Crippen molar-refractivity contribution in [1.82, 2.24) is 5.32 Å². The van der Waals surface area contributed by atoms with Crippen molar-refractivity contribution in [2.24, 2.45) is 11.7 Å². The number of rotatable bonds is 12. The molecule has 0 aliphatic rings. The summed E-state index contributed by atoms with van der Waals surface area (Å²) in [7, 11) is -3.99. The van der Waals surface area contributed by atoms with Crippen LogP contribution >= 0.6 is 7.37 Å². The van der Waals surface area contributed by atoms with Gasteiger partial charge in [0, 0.05) is 12.6 Å². The molecule has 6 N–H and O–H groups in total. The van der Waals surface area contributed by atoms with Gasteiger partial charge in [-0.15, -0.1) is 0 Å². The summed E-state index contributed by atoms with van der Waals surface area (Å²) in [5.74, 6) is -3.86. The van der Waals surface area contributed by atoms with E-state index in [1.807, 2.05) is 36.4 Å². The second-order valence-electron chi connectivity index (χ2n) is 8.85. The molecule has 0 bridgehead atoms. The number of phenolic OH excluding ortho intramolecular Hbond substituents is 1. The molecule has 9 heteroatoms. The van der Waals surface area contributed by atoms with Gasteiger partial charge in [0.05, 0.1) is 11.7 Å². The van der Waals surface area contributed by atoms with Crippen LogP contribution in [0.25, 0.3) is 0 Å². The zero-order valence-electron chi connectivity index (χ0n) is 19.7. The Kier molecular flexibility index (Phi) is 9.42. The summed E-state index contributed by atoms with van der Waals surface area (Å²) >= 11 is 0. The molecule has 4 atom stereocenters. The van der Waals surface area contributed by atoms with Crippen molar-refractivity contribution in [1.29, 1.82) is 0 Å². The van der Waals surface area contributed by atoms with Gasteiger partial charge in [-0.3, -0.25) is 9.36 Å². The maximum atomic E-state index is 13.3. The van der Waals surface area contributed by atoms with Crippen LogP contribution in [0.2, 0.25) is 0 Å². The molecule has 0 aliphatic heterocycles. The lowest BCUT2D eigenvalue weighted by Crippen LogP contribution is -2.46. The second kappa shape index (κ2) is 12.5. The van der Waals surface area contributed by atoms with Gasteiger partial charge in [-0.2, -0.15) is 0 Å². The van der Waals surface area contributed by atoms with E-state index in [1.165, 1.54) is 12.1 Å². The summed E-state index contributed by atoms with van der Waals surface area (Å²) in [5.41, 5.74) is 8.32. The Labute approximate surface area is 210 Å². The fraction of sp³-hybridized carbons (Fsp3) is 0.259. The average Bonchev–Trinajstić information content (AvgIpc) is 2.85. The largest absolute Gasteiger partial charge is 0.508 e. The number of carbonyl (C=O) groups excluding carboxylic acids is 1. The number of benzene rings is 3. The van der Waals surface area contributed by atoms with Crippen molar-refractivity contribution in [3.05, 3.63) is 102 Å². The van der Waals surface area contributed by atoms with Crippen LogP contribution in [0.1, 0.15) is 16.7 Å². The van der Waals surface area contributed by atoms with E-state index in [4.69, 9.17) is 5.73 Å². The van der Waals surface area contributed by atoms with Crippen molar-refractivity contribution in [2.75, 3.05) is 6.16 Å². The monoisotopic (exact) mass is 510 g/mol. The van der Waals surface area contributed by atoms with Crippen molar-refractivity contribution in [2.45, 2.75) is 31.1 Å². The van der Waals surface area contributed by atoms with Crippen LogP contribution in [0.15, 0.2) is 84.9 Å². The minimum absolute atomic E-state index is 0.0102. The first kappa shape index (κ1) is 27.1. The molecule has 3 aromatic carbocycles. The zero-order chi connectivity index (χ0) is 26.1. The summed E-state index contributed by atoms with van der Waals surface area (Å²) < 4.78 is 13.3. The van der Waals surface area contributed by atoms with Crippen molar-refractivity contribution >= 4 is 19.2 Å². The highest BCUT2D eigenvalue weighted by molar-refractivity contribution is 7.58. The number of nitrogens with two attached hydrogens (primary N) is 1. The third-order valence-electron chi connectivity index (χ3n) is 5.97. The van der Waals surface area contributed by atoms with Crippen LogP contribution in [0.3, 0.4) is 0 Å². The number of aromatic hydroxyl groups is 1. The van der Waals surface area contributed by atoms with Gasteiger partial charge in [-0.25, -0.2) is 4.79 Å². The lowest BCUT2D eigenvalue weighted by atomic mass is 9.99. The van der Waals surface area contributed by atoms with Crippen molar-refractivity contribution in [3.8, 4) is 5.75 Å². The van der Waals surface area contributed by atoms with Crippen LogP contribution in [0.4, 0.5) is 0 Å². The smallest absolute Gasteiger partial charge is 0.326 e. The van der Waals surface area contributed by atoms with Crippen molar-refractivity contribution < 1.29 is 29.3 Å². The van der Waals surface area contributed by atoms with Gasteiger partial charge in [-0.05, 0) is 41.7 Å². The summed E-state index contributed by atoms with van der Waals surface area (Å²) in [6, 6.07) is 22.9. The number of carboxylic acid groups (broad SMARTS) is 1. The fourth-order valence-corrected chi connectivity index (χ4v) is 5.64. The predicted octanol–water partition coefficient (Wildman–Crippen LogP) is 3.16. The molecule has 0 radical (unpaired) electrons. The maximum Gasteiger partial charge on any atom is 0.326 e. The first-order valence-electron chi connectivity index (χ1n) is 11.6. The van der Waals surface area contributed by atoms with Crippen LogP contribution < -0.4 is 11.1 Å². The molecule has 0 fully saturated rings. The van der Waals surface area contributed by atoms with Crippen molar-refractivity contribution in [3.63, 3.8) is 0 Å². The molecule has 8 nitrogen and oxygen atoms in total. The first-order chi connectivity index (χ1) is 17.1. The Hall–Kier alpha value is -3.45. The summed E-state index contributed by atoms with van der Waals surface area (Å²) in [6.07, 6.45) is -0.0648. The van der Waals surface area contributed by atoms with Gasteiger partial charge in [0.1, 0.15) is 11.8 Å². The molecule has 0 spiro atoms. The summed E-state index contributed by atoms with van der Waals surface area (Å²) in [6.45, 7) is 0. The molecule has 0 saturated heterocycles. The highest BCUT2D eigenvalue weighted by atomic mass is 31.2. The number of phenols is 1. The quantitative estimate of drug-likeness (QED) is 0.235. The lowest BCUT2D eigenvalue weighted by molar-refractivity contribution is -0.142. The standard InChI is InChI=1S/C27H31N2O6P/c28-25(17-20-9-5-2-6-10-20)36(34,35)18-22(15-19-7-3-1-4-8-19)26(31)29-24(27(32)33)16-21-11-13-23(30)14-12-21/h1-14,22,24-25,30H,15-18,28H2,(H,29,31)(H,32,33)(H,34,35)/t22-,24+,25-/m1/s1. The van der Waals surface area contributed by atoms with E-state index in [-0.39, 0.29) is 31.2 Å². The Morgan fingerprint density at radius 2 is 1.31 bits per heavy atom. The van der Waals surface area contributed by atoms with Gasteiger partial charge >= 0.3 is 5.97 Å². The molecule has 1 unspecified atom stereocenters. The minimum Gasteiger partial charge on any atom is -0.508 e. The maximum absolute atomic E-state index is 13.3. The molecule has 36 heavy (non-hydrogen) atoms. The van der Waals surface area contributed by atoms with E-state index in [9.17, 15) is 29.3 Å². The SMILES string of the molecule is N[C@@H](Cc1ccccc1)P(=O)(O)C[C@@H](Cc1ccccc1)C(=O)N[C@@H](Cc1ccc(O)cc1)C(=O)O. The topological polar surface area (TPSA) is 150 Å². The Bertz CT molecular complexity index is 1190. The number of nitrogens with one attached hydrogen (secondary N) is 1. The van der Waals surface area contributed by atoms with E-state index >= 15 is 0 Å². The molecule has 190 valence electrons. The number of carboxylic acids is 1. The number of carbonyl (C=O) groups is 2. The first-order valence-corrected chi connectivity index (χ1v) is 13.5. The van der Waals surface area contributed by atoms with Gasteiger partial charge in [0.25, 0.3) is 0 Å². The molecule has 0 aliphatic carbocycles. The summed E-state index contributed by atoms with van der Waals surface area (Å²) in [4.78, 5) is 36.0. The van der Waals surface area contributed by atoms with Gasteiger partial charge in [0.15, 0.2) is 0 Å². The van der Waals surface area contributed by atoms with Crippen LogP contribution in [-0.4, -0.2) is 45.0 Å². The molecule has 3 aromatic rings. The predicted molar refractivity (Wildman–Crippen MR) is 138 cm³/mol. The average molecular weight is 511 g/mol. The number of amides is 1.